The quantitative estimate of drug-likeness (QED) is 0.740. The summed E-state index contributed by atoms with van der Waals surface area (Å²) in [6, 6.07) is 7.04. The molecular weight excluding hydrogens is 240 g/mol. The van der Waals surface area contributed by atoms with Crippen molar-refractivity contribution in [1.29, 1.82) is 0 Å². The number of hydrogen-bond donors (Lipinski definition) is 2. The van der Waals surface area contributed by atoms with E-state index in [1.54, 1.807) is 6.08 Å². The molecular formula is C15H22N2O2. The monoisotopic (exact) mass is 262 g/mol. The number of amides is 1. The third-order valence-corrected chi connectivity index (χ3v) is 2.81. The molecule has 0 spiro atoms. The maximum atomic E-state index is 11.8. The molecule has 1 aromatic rings. The molecule has 4 heteroatoms. The van der Waals surface area contributed by atoms with Gasteiger partial charge in [0.1, 0.15) is 5.75 Å². The first-order valence-corrected chi connectivity index (χ1v) is 6.48. The second kappa shape index (κ2) is 7.59. The molecule has 0 bridgehead atoms. The van der Waals surface area contributed by atoms with Crippen molar-refractivity contribution in [1.82, 2.24) is 5.32 Å². The summed E-state index contributed by atoms with van der Waals surface area (Å²) < 4.78 is 5.37. The molecule has 3 N–H and O–H groups in total. The van der Waals surface area contributed by atoms with Crippen molar-refractivity contribution >= 4 is 5.91 Å². The summed E-state index contributed by atoms with van der Waals surface area (Å²) in [5, 5.41) is 2.88. The molecule has 4 nitrogen and oxygen atoms in total. The SMILES string of the molecule is C=CCC(N)C(=O)NC(C)c1ccc(OCC)cc1. The van der Waals surface area contributed by atoms with E-state index >= 15 is 0 Å². The third kappa shape index (κ3) is 4.75. The van der Waals surface area contributed by atoms with Crippen molar-refractivity contribution in [3.05, 3.63) is 42.5 Å². The largest absolute Gasteiger partial charge is 0.494 e. The van der Waals surface area contributed by atoms with Gasteiger partial charge in [-0.25, -0.2) is 0 Å². The van der Waals surface area contributed by atoms with Gasteiger partial charge in [-0.3, -0.25) is 4.79 Å². The lowest BCUT2D eigenvalue weighted by Crippen LogP contribution is -2.41. The molecule has 0 heterocycles. The number of nitrogens with two attached hydrogens (primary N) is 1. The molecule has 0 saturated heterocycles. The minimum Gasteiger partial charge on any atom is -0.494 e. The molecule has 0 aromatic heterocycles. The van der Waals surface area contributed by atoms with Crippen LogP contribution in [0.5, 0.6) is 5.75 Å². The highest BCUT2D eigenvalue weighted by Gasteiger charge is 2.15. The maximum Gasteiger partial charge on any atom is 0.237 e. The van der Waals surface area contributed by atoms with Crippen LogP contribution in [0.3, 0.4) is 0 Å². The number of ether oxygens (including phenoxy) is 1. The highest BCUT2D eigenvalue weighted by atomic mass is 16.5. The average Bonchev–Trinajstić information content (AvgIpc) is 2.40. The van der Waals surface area contributed by atoms with Crippen LogP contribution in [-0.4, -0.2) is 18.6 Å². The van der Waals surface area contributed by atoms with Gasteiger partial charge in [-0.1, -0.05) is 18.2 Å². The molecule has 0 aliphatic heterocycles. The number of carbonyl (C=O) groups excluding carboxylic acids is 1. The van der Waals surface area contributed by atoms with Crippen molar-refractivity contribution in [3.8, 4) is 5.75 Å². The Balaban J connectivity index is 2.59. The lowest BCUT2D eigenvalue weighted by atomic mass is 10.1. The van der Waals surface area contributed by atoms with Crippen molar-refractivity contribution in [2.24, 2.45) is 5.73 Å². The van der Waals surface area contributed by atoms with E-state index in [4.69, 9.17) is 10.5 Å². The predicted octanol–water partition coefficient (Wildman–Crippen LogP) is 2.17. The summed E-state index contributed by atoms with van der Waals surface area (Å²) in [6.07, 6.45) is 2.12. The Labute approximate surface area is 114 Å². The van der Waals surface area contributed by atoms with E-state index in [9.17, 15) is 4.79 Å². The van der Waals surface area contributed by atoms with Crippen LogP contribution >= 0.6 is 0 Å². The lowest BCUT2D eigenvalue weighted by Gasteiger charge is -2.17. The molecule has 1 amide bonds. The Morgan fingerprint density at radius 3 is 2.63 bits per heavy atom. The Morgan fingerprint density at radius 2 is 2.11 bits per heavy atom. The van der Waals surface area contributed by atoms with Gasteiger partial charge in [-0.05, 0) is 38.0 Å². The molecule has 0 radical (unpaired) electrons. The standard InChI is InChI=1S/C15H22N2O2/c1-4-6-14(16)15(18)17-11(3)12-7-9-13(10-8-12)19-5-2/h4,7-11,14H,1,5-6,16H2,2-3H3,(H,17,18). The fraction of sp³-hybridized carbons (Fsp3) is 0.400. The average molecular weight is 262 g/mol. The molecule has 2 atom stereocenters. The molecule has 104 valence electrons. The normalized spacial score (nSPS) is 13.4. The first-order chi connectivity index (χ1) is 9.08. The van der Waals surface area contributed by atoms with Gasteiger partial charge in [0.25, 0.3) is 0 Å². The highest BCUT2D eigenvalue weighted by molar-refractivity contribution is 5.82. The second-order valence-electron chi connectivity index (χ2n) is 4.36. The Bertz CT molecular complexity index is 415. The predicted molar refractivity (Wildman–Crippen MR) is 77.0 cm³/mol. The summed E-state index contributed by atoms with van der Waals surface area (Å²) in [6.45, 7) is 8.08. The third-order valence-electron chi connectivity index (χ3n) is 2.81. The number of carbonyl (C=O) groups is 1. The van der Waals surface area contributed by atoms with Crippen molar-refractivity contribution in [2.75, 3.05) is 6.61 Å². The Morgan fingerprint density at radius 1 is 1.47 bits per heavy atom. The fourth-order valence-corrected chi connectivity index (χ4v) is 1.71. The van der Waals surface area contributed by atoms with E-state index in [1.807, 2.05) is 38.1 Å². The topological polar surface area (TPSA) is 64.4 Å². The molecule has 0 aliphatic carbocycles. The van der Waals surface area contributed by atoms with Gasteiger partial charge in [0, 0.05) is 0 Å². The number of hydrogen-bond acceptors (Lipinski definition) is 3. The number of nitrogens with one attached hydrogen (secondary N) is 1. The van der Waals surface area contributed by atoms with E-state index in [1.165, 1.54) is 0 Å². The van der Waals surface area contributed by atoms with Crippen LogP contribution in [0.25, 0.3) is 0 Å². The van der Waals surface area contributed by atoms with Crippen molar-refractivity contribution in [3.63, 3.8) is 0 Å². The summed E-state index contributed by atoms with van der Waals surface area (Å²) >= 11 is 0. The summed E-state index contributed by atoms with van der Waals surface area (Å²) in [5.74, 6) is 0.662. The van der Waals surface area contributed by atoms with Gasteiger partial charge in [0.05, 0.1) is 18.7 Å². The smallest absolute Gasteiger partial charge is 0.237 e. The van der Waals surface area contributed by atoms with Crippen LogP contribution in [0.15, 0.2) is 36.9 Å². The van der Waals surface area contributed by atoms with Crippen LogP contribution in [0.1, 0.15) is 31.9 Å². The van der Waals surface area contributed by atoms with Crippen molar-refractivity contribution < 1.29 is 9.53 Å². The van der Waals surface area contributed by atoms with Crippen molar-refractivity contribution in [2.45, 2.75) is 32.4 Å². The summed E-state index contributed by atoms with van der Waals surface area (Å²) in [7, 11) is 0. The zero-order valence-corrected chi connectivity index (χ0v) is 11.6. The van der Waals surface area contributed by atoms with E-state index in [2.05, 4.69) is 11.9 Å². The number of benzene rings is 1. The molecule has 0 aliphatic rings. The first kappa shape index (κ1) is 15.2. The van der Waals surface area contributed by atoms with Gasteiger partial charge in [-0.15, -0.1) is 6.58 Å². The second-order valence-corrected chi connectivity index (χ2v) is 4.36. The fourth-order valence-electron chi connectivity index (χ4n) is 1.71. The summed E-state index contributed by atoms with van der Waals surface area (Å²) in [5.41, 5.74) is 6.73. The van der Waals surface area contributed by atoms with Crippen LogP contribution < -0.4 is 15.8 Å². The zero-order chi connectivity index (χ0) is 14.3. The Kier molecular flexibility index (Phi) is 6.09. The van der Waals surface area contributed by atoms with Gasteiger partial charge >= 0.3 is 0 Å². The van der Waals surface area contributed by atoms with E-state index < -0.39 is 6.04 Å². The van der Waals surface area contributed by atoms with Gasteiger partial charge in [0.2, 0.25) is 5.91 Å². The van der Waals surface area contributed by atoms with Gasteiger partial charge in [-0.2, -0.15) is 0 Å². The molecule has 2 unspecified atom stereocenters. The van der Waals surface area contributed by atoms with Gasteiger partial charge < -0.3 is 15.8 Å². The first-order valence-electron chi connectivity index (χ1n) is 6.48. The van der Waals surface area contributed by atoms with Crippen LogP contribution in [0.2, 0.25) is 0 Å². The van der Waals surface area contributed by atoms with Crippen LogP contribution in [0, 0.1) is 0 Å². The minimum atomic E-state index is -0.539. The molecule has 0 saturated carbocycles. The minimum absolute atomic E-state index is 0.0842. The maximum absolute atomic E-state index is 11.8. The van der Waals surface area contributed by atoms with E-state index in [0.717, 1.165) is 11.3 Å². The molecule has 19 heavy (non-hydrogen) atoms. The number of rotatable bonds is 7. The molecule has 0 fully saturated rings. The Hall–Kier alpha value is -1.81. The van der Waals surface area contributed by atoms with Crippen LogP contribution in [-0.2, 0) is 4.79 Å². The van der Waals surface area contributed by atoms with E-state index in [-0.39, 0.29) is 11.9 Å². The molecule has 1 aromatic carbocycles. The zero-order valence-electron chi connectivity index (χ0n) is 11.6. The van der Waals surface area contributed by atoms with Crippen LogP contribution in [0.4, 0.5) is 0 Å². The van der Waals surface area contributed by atoms with Gasteiger partial charge in [0.15, 0.2) is 0 Å². The molecule has 1 rings (SSSR count). The summed E-state index contributed by atoms with van der Waals surface area (Å²) in [4.78, 5) is 11.8. The van der Waals surface area contributed by atoms with E-state index in [0.29, 0.717) is 13.0 Å². The highest BCUT2D eigenvalue weighted by Crippen LogP contribution is 2.17. The lowest BCUT2D eigenvalue weighted by molar-refractivity contribution is -0.122.